The molecule has 1 aromatic rings. The molecule has 0 radical (unpaired) electrons. The van der Waals surface area contributed by atoms with Crippen LogP contribution in [0.2, 0.25) is 0 Å². The lowest BCUT2D eigenvalue weighted by Gasteiger charge is -2.09. The summed E-state index contributed by atoms with van der Waals surface area (Å²) in [6.45, 7) is 0.0780. The lowest BCUT2D eigenvalue weighted by atomic mass is 10.2. The summed E-state index contributed by atoms with van der Waals surface area (Å²) in [5, 5.41) is 18.0. The van der Waals surface area contributed by atoms with Crippen LogP contribution in [-0.2, 0) is 9.53 Å². The smallest absolute Gasteiger partial charge is 0.333 e. The molecule has 0 aliphatic rings. The molecule has 2 N–H and O–H groups in total. The van der Waals surface area contributed by atoms with Crippen molar-refractivity contribution in [2.75, 3.05) is 6.61 Å². The van der Waals surface area contributed by atoms with Crippen LogP contribution in [0.5, 0.6) is 0 Å². The molecular formula is C14H18O4. The maximum absolute atomic E-state index is 11.3. The van der Waals surface area contributed by atoms with Crippen LogP contribution in [0.15, 0.2) is 36.4 Å². The molecule has 1 aromatic carbocycles. The minimum atomic E-state index is -1.11. The first-order chi connectivity index (χ1) is 8.72. The van der Waals surface area contributed by atoms with E-state index >= 15 is 0 Å². The maximum Gasteiger partial charge on any atom is 0.333 e. The first kappa shape index (κ1) is 14.4. The summed E-state index contributed by atoms with van der Waals surface area (Å²) in [4.78, 5) is 11.3. The molecule has 0 aliphatic heterocycles. The Morgan fingerprint density at radius 3 is 2.67 bits per heavy atom. The average molecular weight is 250 g/mol. The number of carbonyl (C=O) groups is 1. The molecule has 0 spiro atoms. The van der Waals surface area contributed by atoms with Crippen LogP contribution in [0, 0.1) is 0 Å². The average Bonchev–Trinajstić information content (AvgIpc) is 2.38. The van der Waals surface area contributed by atoms with Crippen LogP contribution in [0.3, 0.4) is 0 Å². The highest BCUT2D eigenvalue weighted by Crippen LogP contribution is 2.04. The van der Waals surface area contributed by atoms with Gasteiger partial charge in [0.2, 0.25) is 6.29 Å². The summed E-state index contributed by atoms with van der Waals surface area (Å²) in [5.41, 5.74) is 0.893. The Balaban J connectivity index is 2.30. The van der Waals surface area contributed by atoms with Crippen LogP contribution in [0.1, 0.15) is 24.8 Å². The highest BCUT2D eigenvalue weighted by molar-refractivity contribution is 5.87. The first-order valence-corrected chi connectivity index (χ1v) is 5.95. The SMILES string of the molecule is O=C(/C=C/c1ccccc1)OC(O)CCCCO. The van der Waals surface area contributed by atoms with Gasteiger partial charge in [0, 0.05) is 19.1 Å². The summed E-state index contributed by atoms with van der Waals surface area (Å²) in [6.07, 6.45) is 3.35. The molecule has 0 bridgehead atoms. The lowest BCUT2D eigenvalue weighted by Crippen LogP contribution is -2.15. The van der Waals surface area contributed by atoms with Gasteiger partial charge in [0.1, 0.15) is 0 Å². The molecular weight excluding hydrogens is 232 g/mol. The molecule has 4 nitrogen and oxygen atoms in total. The number of aliphatic hydroxyl groups excluding tert-OH is 2. The fourth-order valence-corrected chi connectivity index (χ4v) is 1.39. The van der Waals surface area contributed by atoms with E-state index in [4.69, 9.17) is 9.84 Å². The Morgan fingerprint density at radius 2 is 2.00 bits per heavy atom. The Labute approximate surface area is 107 Å². The van der Waals surface area contributed by atoms with E-state index in [0.29, 0.717) is 19.3 Å². The molecule has 4 heteroatoms. The molecule has 1 unspecified atom stereocenters. The summed E-state index contributed by atoms with van der Waals surface area (Å²) in [6, 6.07) is 9.35. The Bertz CT molecular complexity index is 373. The minimum absolute atomic E-state index is 0.0780. The van der Waals surface area contributed by atoms with Crippen molar-refractivity contribution in [3.63, 3.8) is 0 Å². The van der Waals surface area contributed by atoms with Crippen LogP contribution in [0.4, 0.5) is 0 Å². The van der Waals surface area contributed by atoms with Gasteiger partial charge in [0.05, 0.1) is 0 Å². The normalized spacial score (nSPS) is 12.6. The second-order valence-electron chi connectivity index (χ2n) is 3.85. The van der Waals surface area contributed by atoms with E-state index in [0.717, 1.165) is 5.56 Å². The second kappa shape index (κ2) is 8.44. The summed E-state index contributed by atoms with van der Waals surface area (Å²) in [5.74, 6) is -0.574. The maximum atomic E-state index is 11.3. The van der Waals surface area contributed by atoms with Gasteiger partial charge in [0.25, 0.3) is 0 Å². The van der Waals surface area contributed by atoms with E-state index in [2.05, 4.69) is 0 Å². The molecule has 18 heavy (non-hydrogen) atoms. The number of aliphatic hydroxyl groups is 2. The third-order valence-corrected chi connectivity index (χ3v) is 2.32. The molecule has 1 atom stereocenters. The van der Waals surface area contributed by atoms with Gasteiger partial charge in [-0.05, 0) is 24.5 Å². The van der Waals surface area contributed by atoms with E-state index < -0.39 is 12.3 Å². The monoisotopic (exact) mass is 250 g/mol. The topological polar surface area (TPSA) is 66.8 Å². The number of rotatable bonds is 7. The third-order valence-electron chi connectivity index (χ3n) is 2.32. The van der Waals surface area contributed by atoms with Crippen molar-refractivity contribution in [2.45, 2.75) is 25.6 Å². The number of benzene rings is 1. The van der Waals surface area contributed by atoms with E-state index in [1.54, 1.807) is 6.08 Å². The number of carbonyl (C=O) groups excluding carboxylic acids is 1. The molecule has 98 valence electrons. The zero-order valence-corrected chi connectivity index (χ0v) is 10.2. The Morgan fingerprint density at radius 1 is 1.28 bits per heavy atom. The van der Waals surface area contributed by atoms with Crippen molar-refractivity contribution in [1.82, 2.24) is 0 Å². The van der Waals surface area contributed by atoms with Gasteiger partial charge in [0.15, 0.2) is 0 Å². The standard InChI is InChI=1S/C14H18O4/c15-11-5-4-8-13(16)18-14(17)10-9-12-6-2-1-3-7-12/h1-3,6-7,9-10,13,15-16H,4-5,8,11H2/b10-9+. The number of hydrogen-bond donors (Lipinski definition) is 2. The zero-order chi connectivity index (χ0) is 13.2. The van der Waals surface area contributed by atoms with Gasteiger partial charge in [-0.2, -0.15) is 0 Å². The van der Waals surface area contributed by atoms with Crippen LogP contribution in [0.25, 0.3) is 6.08 Å². The highest BCUT2D eigenvalue weighted by atomic mass is 16.6. The fraction of sp³-hybridized carbons (Fsp3) is 0.357. The minimum Gasteiger partial charge on any atom is -0.433 e. The Kier molecular flexibility index (Phi) is 6.76. The van der Waals surface area contributed by atoms with Gasteiger partial charge in [-0.25, -0.2) is 4.79 Å². The lowest BCUT2D eigenvalue weighted by molar-refractivity contribution is -0.162. The van der Waals surface area contributed by atoms with Crippen molar-refractivity contribution in [3.8, 4) is 0 Å². The molecule has 0 saturated carbocycles. The molecule has 0 heterocycles. The second-order valence-corrected chi connectivity index (χ2v) is 3.85. The largest absolute Gasteiger partial charge is 0.433 e. The number of ether oxygens (including phenoxy) is 1. The molecule has 0 aliphatic carbocycles. The van der Waals surface area contributed by atoms with Crippen molar-refractivity contribution >= 4 is 12.0 Å². The summed E-state index contributed by atoms with van der Waals surface area (Å²) in [7, 11) is 0. The molecule has 0 saturated heterocycles. The summed E-state index contributed by atoms with van der Waals surface area (Å²) < 4.78 is 4.77. The van der Waals surface area contributed by atoms with Crippen molar-refractivity contribution in [2.24, 2.45) is 0 Å². The first-order valence-electron chi connectivity index (χ1n) is 5.95. The Hall–Kier alpha value is -1.65. The van der Waals surface area contributed by atoms with Gasteiger partial charge in [-0.1, -0.05) is 30.3 Å². The van der Waals surface area contributed by atoms with Gasteiger partial charge >= 0.3 is 5.97 Å². The van der Waals surface area contributed by atoms with Crippen LogP contribution >= 0.6 is 0 Å². The fourth-order valence-electron chi connectivity index (χ4n) is 1.39. The van der Waals surface area contributed by atoms with Crippen molar-refractivity contribution in [3.05, 3.63) is 42.0 Å². The quantitative estimate of drug-likeness (QED) is 0.335. The van der Waals surface area contributed by atoms with E-state index in [1.165, 1.54) is 6.08 Å². The number of esters is 1. The van der Waals surface area contributed by atoms with Gasteiger partial charge in [-0.15, -0.1) is 0 Å². The molecule has 0 amide bonds. The zero-order valence-electron chi connectivity index (χ0n) is 10.2. The van der Waals surface area contributed by atoms with Crippen molar-refractivity contribution in [1.29, 1.82) is 0 Å². The van der Waals surface area contributed by atoms with E-state index in [9.17, 15) is 9.90 Å². The van der Waals surface area contributed by atoms with Gasteiger partial charge in [-0.3, -0.25) is 0 Å². The van der Waals surface area contributed by atoms with Crippen LogP contribution in [-0.4, -0.2) is 29.1 Å². The number of hydrogen-bond acceptors (Lipinski definition) is 4. The van der Waals surface area contributed by atoms with E-state index in [-0.39, 0.29) is 6.61 Å². The number of unbranched alkanes of at least 4 members (excludes halogenated alkanes) is 1. The van der Waals surface area contributed by atoms with Gasteiger partial charge < -0.3 is 14.9 Å². The predicted octanol–water partition coefficient (Wildman–Crippen LogP) is 1.72. The molecule has 0 fully saturated rings. The molecule has 0 aromatic heterocycles. The third kappa shape index (κ3) is 6.18. The highest BCUT2D eigenvalue weighted by Gasteiger charge is 2.07. The van der Waals surface area contributed by atoms with E-state index in [1.807, 2.05) is 30.3 Å². The molecule has 1 rings (SSSR count). The summed E-state index contributed by atoms with van der Waals surface area (Å²) >= 11 is 0. The van der Waals surface area contributed by atoms with Crippen LogP contribution < -0.4 is 0 Å². The van der Waals surface area contributed by atoms with Crippen molar-refractivity contribution < 1.29 is 19.7 Å². The predicted molar refractivity (Wildman–Crippen MR) is 68.5 cm³/mol.